The summed E-state index contributed by atoms with van der Waals surface area (Å²) < 4.78 is 13.7. The summed E-state index contributed by atoms with van der Waals surface area (Å²) in [7, 11) is 1.87. The van der Waals surface area contributed by atoms with E-state index in [0.717, 1.165) is 24.3 Å². The van der Waals surface area contributed by atoms with E-state index in [4.69, 9.17) is 0 Å². The van der Waals surface area contributed by atoms with E-state index in [-0.39, 0.29) is 5.82 Å². The Balaban J connectivity index is 2.01. The summed E-state index contributed by atoms with van der Waals surface area (Å²) in [4.78, 5) is 6.29. The molecule has 0 fully saturated rings. The second-order valence-corrected chi connectivity index (χ2v) is 4.75. The molecule has 0 saturated heterocycles. The van der Waals surface area contributed by atoms with Crippen LogP contribution in [0.3, 0.4) is 0 Å². The molecule has 0 aliphatic carbocycles. The van der Waals surface area contributed by atoms with E-state index in [0.29, 0.717) is 12.2 Å². The average Bonchev–Trinajstić information content (AvgIpc) is 2.47. The zero-order valence-corrected chi connectivity index (χ0v) is 11.9. The fraction of sp³-hybridized carbons (Fsp3) is 0.312. The van der Waals surface area contributed by atoms with Crippen LogP contribution in [0.1, 0.15) is 18.2 Å². The van der Waals surface area contributed by atoms with Crippen molar-refractivity contribution in [2.45, 2.75) is 20.0 Å². The normalized spacial score (nSPS) is 10.6. The van der Waals surface area contributed by atoms with Gasteiger partial charge in [-0.1, -0.05) is 25.1 Å². The summed E-state index contributed by atoms with van der Waals surface area (Å²) in [6, 6.07) is 10.8. The molecule has 1 N–H and O–H groups in total. The lowest BCUT2D eigenvalue weighted by molar-refractivity contribution is 0.621. The largest absolute Gasteiger partial charge is 0.366 e. The highest BCUT2D eigenvalue weighted by Crippen LogP contribution is 2.18. The first-order chi connectivity index (χ1) is 9.70. The van der Waals surface area contributed by atoms with Gasteiger partial charge in [0.05, 0.1) is 17.9 Å². The molecule has 3 nitrogen and oxygen atoms in total. The standard InChI is InChI=1S/C16H20FN3/c1-3-18-10-13-8-9-14(19-11-13)12-20(2)16-7-5-4-6-15(16)17/h4-9,11,18H,3,10,12H2,1-2H3. The van der Waals surface area contributed by atoms with Gasteiger partial charge >= 0.3 is 0 Å². The minimum atomic E-state index is -0.209. The Labute approximate surface area is 119 Å². The van der Waals surface area contributed by atoms with E-state index in [1.54, 1.807) is 12.1 Å². The van der Waals surface area contributed by atoms with Gasteiger partial charge in [-0.15, -0.1) is 0 Å². The number of anilines is 1. The van der Waals surface area contributed by atoms with Crippen molar-refractivity contribution >= 4 is 5.69 Å². The van der Waals surface area contributed by atoms with E-state index in [1.807, 2.05) is 30.3 Å². The molecule has 4 heteroatoms. The Morgan fingerprint density at radius 1 is 1.20 bits per heavy atom. The van der Waals surface area contributed by atoms with Crippen LogP contribution in [0, 0.1) is 5.82 Å². The van der Waals surface area contributed by atoms with Crippen molar-refractivity contribution < 1.29 is 4.39 Å². The molecule has 0 atom stereocenters. The zero-order chi connectivity index (χ0) is 14.4. The Morgan fingerprint density at radius 2 is 2.00 bits per heavy atom. The maximum atomic E-state index is 13.7. The van der Waals surface area contributed by atoms with Gasteiger partial charge in [0, 0.05) is 19.8 Å². The van der Waals surface area contributed by atoms with E-state index >= 15 is 0 Å². The quantitative estimate of drug-likeness (QED) is 0.877. The molecular weight excluding hydrogens is 253 g/mol. The first-order valence-corrected chi connectivity index (χ1v) is 6.81. The van der Waals surface area contributed by atoms with Gasteiger partial charge in [0.1, 0.15) is 5.82 Å². The lowest BCUT2D eigenvalue weighted by atomic mass is 10.2. The summed E-state index contributed by atoms with van der Waals surface area (Å²) in [6.07, 6.45) is 1.87. The van der Waals surface area contributed by atoms with Crippen LogP contribution in [0.2, 0.25) is 0 Å². The third-order valence-electron chi connectivity index (χ3n) is 3.13. The number of pyridine rings is 1. The van der Waals surface area contributed by atoms with Crippen molar-refractivity contribution in [1.29, 1.82) is 0 Å². The van der Waals surface area contributed by atoms with Crippen LogP contribution in [-0.4, -0.2) is 18.6 Å². The Hall–Kier alpha value is -1.94. The van der Waals surface area contributed by atoms with Crippen LogP contribution in [0.5, 0.6) is 0 Å². The smallest absolute Gasteiger partial charge is 0.146 e. The number of aromatic nitrogens is 1. The first-order valence-electron chi connectivity index (χ1n) is 6.81. The van der Waals surface area contributed by atoms with Crippen LogP contribution in [0.4, 0.5) is 10.1 Å². The molecule has 0 saturated carbocycles. The van der Waals surface area contributed by atoms with Crippen molar-refractivity contribution in [1.82, 2.24) is 10.3 Å². The van der Waals surface area contributed by atoms with Gasteiger partial charge in [0.25, 0.3) is 0 Å². The molecule has 0 aliphatic heterocycles. The molecule has 0 bridgehead atoms. The SMILES string of the molecule is CCNCc1ccc(CN(C)c2ccccc2F)nc1. The van der Waals surface area contributed by atoms with Gasteiger partial charge in [-0.05, 0) is 30.3 Å². The molecule has 0 spiro atoms. The summed E-state index contributed by atoms with van der Waals surface area (Å²) in [5.41, 5.74) is 2.67. The van der Waals surface area contributed by atoms with Crippen molar-refractivity contribution in [3.63, 3.8) is 0 Å². The fourth-order valence-corrected chi connectivity index (χ4v) is 2.01. The van der Waals surface area contributed by atoms with Gasteiger partial charge in [0.2, 0.25) is 0 Å². The molecule has 2 rings (SSSR count). The third-order valence-corrected chi connectivity index (χ3v) is 3.13. The maximum Gasteiger partial charge on any atom is 0.146 e. The van der Waals surface area contributed by atoms with Gasteiger partial charge in [-0.3, -0.25) is 4.98 Å². The Bertz CT molecular complexity index is 540. The van der Waals surface area contributed by atoms with Crippen molar-refractivity contribution in [3.8, 4) is 0 Å². The molecule has 1 heterocycles. The highest BCUT2D eigenvalue weighted by atomic mass is 19.1. The number of hydrogen-bond donors (Lipinski definition) is 1. The number of rotatable bonds is 6. The van der Waals surface area contributed by atoms with E-state index in [9.17, 15) is 4.39 Å². The van der Waals surface area contributed by atoms with Gasteiger partial charge in [0.15, 0.2) is 0 Å². The number of nitrogens with zero attached hydrogens (tertiary/aromatic N) is 2. The molecule has 0 unspecified atom stereocenters. The number of benzene rings is 1. The van der Waals surface area contributed by atoms with Crippen molar-refractivity contribution in [2.24, 2.45) is 0 Å². The van der Waals surface area contributed by atoms with Crippen LogP contribution in [0.25, 0.3) is 0 Å². The molecule has 1 aromatic heterocycles. The Morgan fingerprint density at radius 3 is 2.65 bits per heavy atom. The molecule has 106 valence electrons. The average molecular weight is 273 g/mol. The second-order valence-electron chi connectivity index (χ2n) is 4.75. The van der Waals surface area contributed by atoms with Crippen molar-refractivity contribution in [2.75, 3.05) is 18.5 Å². The number of para-hydroxylation sites is 1. The second kappa shape index (κ2) is 7.01. The highest BCUT2D eigenvalue weighted by Gasteiger charge is 2.07. The molecule has 0 radical (unpaired) electrons. The number of hydrogen-bond acceptors (Lipinski definition) is 3. The van der Waals surface area contributed by atoms with Gasteiger partial charge < -0.3 is 10.2 Å². The predicted octanol–water partition coefficient (Wildman–Crippen LogP) is 2.97. The minimum Gasteiger partial charge on any atom is -0.366 e. The number of halogens is 1. The molecular formula is C16H20FN3. The molecule has 0 amide bonds. The lowest BCUT2D eigenvalue weighted by Crippen LogP contribution is -2.18. The Kier molecular flexibility index (Phi) is 5.07. The van der Waals surface area contributed by atoms with Crippen LogP contribution < -0.4 is 10.2 Å². The summed E-state index contributed by atoms with van der Waals surface area (Å²) in [5, 5.41) is 3.26. The minimum absolute atomic E-state index is 0.209. The fourth-order valence-electron chi connectivity index (χ4n) is 2.01. The van der Waals surface area contributed by atoms with Crippen molar-refractivity contribution in [3.05, 3.63) is 59.7 Å². The molecule has 1 aromatic carbocycles. The first kappa shape index (κ1) is 14.5. The van der Waals surface area contributed by atoms with Gasteiger partial charge in [-0.2, -0.15) is 0 Å². The number of nitrogens with one attached hydrogen (secondary N) is 1. The van der Waals surface area contributed by atoms with Gasteiger partial charge in [-0.25, -0.2) is 4.39 Å². The van der Waals surface area contributed by atoms with E-state index in [1.165, 1.54) is 6.07 Å². The summed E-state index contributed by atoms with van der Waals surface area (Å²) >= 11 is 0. The van der Waals surface area contributed by atoms with E-state index in [2.05, 4.69) is 23.3 Å². The van der Waals surface area contributed by atoms with Crippen LogP contribution >= 0.6 is 0 Å². The zero-order valence-electron chi connectivity index (χ0n) is 11.9. The summed E-state index contributed by atoms with van der Waals surface area (Å²) in [5.74, 6) is -0.209. The van der Waals surface area contributed by atoms with E-state index < -0.39 is 0 Å². The maximum absolute atomic E-state index is 13.7. The molecule has 2 aromatic rings. The molecule has 20 heavy (non-hydrogen) atoms. The topological polar surface area (TPSA) is 28.2 Å². The monoisotopic (exact) mass is 273 g/mol. The predicted molar refractivity (Wildman–Crippen MR) is 80.1 cm³/mol. The van der Waals surface area contributed by atoms with Crippen LogP contribution in [0.15, 0.2) is 42.6 Å². The van der Waals surface area contributed by atoms with Crippen LogP contribution in [-0.2, 0) is 13.1 Å². The highest BCUT2D eigenvalue weighted by molar-refractivity contribution is 5.46. The third kappa shape index (κ3) is 3.78. The molecule has 0 aliphatic rings. The lowest BCUT2D eigenvalue weighted by Gasteiger charge is -2.19. The summed E-state index contributed by atoms with van der Waals surface area (Å²) in [6.45, 7) is 4.43.